The molecule has 0 aliphatic rings. The van der Waals surface area contributed by atoms with Crippen LogP contribution < -0.4 is 20.1 Å². The SMILES string of the molecule is COc1ccc(C)cc1CCNC(=NCc1ccnn1C)Nc1ccc(OC(C)C)cc1.I. The number of halogens is 1. The van der Waals surface area contributed by atoms with Gasteiger partial charge in [-0.2, -0.15) is 5.10 Å². The number of benzene rings is 2. The number of guanidine groups is 1. The van der Waals surface area contributed by atoms with Crippen molar-refractivity contribution >= 4 is 35.6 Å². The normalized spacial score (nSPS) is 11.2. The Bertz CT molecular complexity index is 1030. The van der Waals surface area contributed by atoms with E-state index in [1.54, 1.807) is 13.3 Å². The number of ether oxygens (including phenoxy) is 2. The lowest BCUT2D eigenvalue weighted by molar-refractivity contribution is 0.242. The van der Waals surface area contributed by atoms with Crippen molar-refractivity contribution in [2.24, 2.45) is 12.0 Å². The van der Waals surface area contributed by atoms with Crippen molar-refractivity contribution in [2.75, 3.05) is 19.0 Å². The first kappa shape index (κ1) is 26.5. The van der Waals surface area contributed by atoms with Crippen LogP contribution >= 0.6 is 24.0 Å². The summed E-state index contributed by atoms with van der Waals surface area (Å²) >= 11 is 0. The largest absolute Gasteiger partial charge is 0.496 e. The Hall–Kier alpha value is -2.75. The summed E-state index contributed by atoms with van der Waals surface area (Å²) in [6.07, 6.45) is 2.74. The lowest BCUT2D eigenvalue weighted by Gasteiger charge is -2.15. The van der Waals surface area contributed by atoms with Gasteiger partial charge in [0.05, 0.1) is 25.5 Å². The Labute approximate surface area is 213 Å². The fourth-order valence-corrected chi connectivity index (χ4v) is 3.30. The zero-order chi connectivity index (χ0) is 22.9. The second-order valence-corrected chi connectivity index (χ2v) is 7.92. The van der Waals surface area contributed by atoms with Crippen molar-refractivity contribution < 1.29 is 9.47 Å². The monoisotopic (exact) mass is 563 g/mol. The Morgan fingerprint density at radius 1 is 1.12 bits per heavy atom. The predicted molar refractivity (Wildman–Crippen MR) is 145 cm³/mol. The number of anilines is 1. The van der Waals surface area contributed by atoms with E-state index in [0.717, 1.165) is 29.3 Å². The summed E-state index contributed by atoms with van der Waals surface area (Å²) in [5, 5.41) is 11.0. The quantitative estimate of drug-likeness (QED) is 0.219. The maximum Gasteiger partial charge on any atom is 0.196 e. The molecule has 1 aromatic heterocycles. The van der Waals surface area contributed by atoms with Gasteiger partial charge in [-0.25, -0.2) is 4.99 Å². The number of methoxy groups -OCH3 is 1. The van der Waals surface area contributed by atoms with E-state index in [1.807, 2.05) is 62.0 Å². The fraction of sp³-hybridized carbons (Fsp3) is 0.360. The van der Waals surface area contributed by atoms with E-state index in [1.165, 1.54) is 11.1 Å². The molecule has 0 unspecified atom stereocenters. The summed E-state index contributed by atoms with van der Waals surface area (Å²) in [5.41, 5.74) is 4.35. The molecular formula is C25H34IN5O2. The average Bonchev–Trinajstić information content (AvgIpc) is 3.17. The number of rotatable bonds is 9. The van der Waals surface area contributed by atoms with E-state index >= 15 is 0 Å². The molecule has 0 amide bonds. The van der Waals surface area contributed by atoms with Crippen LogP contribution in [0.15, 0.2) is 59.7 Å². The molecule has 0 bridgehead atoms. The molecule has 8 heteroatoms. The number of nitrogens with one attached hydrogen (secondary N) is 2. The topological polar surface area (TPSA) is 72.7 Å². The van der Waals surface area contributed by atoms with Crippen molar-refractivity contribution in [2.45, 2.75) is 39.8 Å². The minimum Gasteiger partial charge on any atom is -0.496 e. The highest BCUT2D eigenvalue weighted by Crippen LogP contribution is 2.20. The number of nitrogens with zero attached hydrogens (tertiary/aromatic N) is 3. The number of hydrogen-bond acceptors (Lipinski definition) is 4. The number of aromatic nitrogens is 2. The molecule has 178 valence electrons. The van der Waals surface area contributed by atoms with Gasteiger partial charge in [-0.15, -0.1) is 24.0 Å². The van der Waals surface area contributed by atoms with Crippen molar-refractivity contribution in [1.82, 2.24) is 15.1 Å². The standard InChI is InChI=1S/C25H33N5O2.HI/c1-18(2)32-23-9-7-21(8-10-23)29-25(27-17-22-13-15-28-30(22)4)26-14-12-20-16-19(3)6-11-24(20)31-5;/h6-11,13,15-16,18H,12,14,17H2,1-5H3,(H2,26,27,29);1H. The van der Waals surface area contributed by atoms with E-state index in [2.05, 4.69) is 34.8 Å². The number of aryl methyl sites for hydroxylation is 2. The lowest BCUT2D eigenvalue weighted by atomic mass is 10.1. The van der Waals surface area contributed by atoms with Crippen LogP contribution in [0.2, 0.25) is 0 Å². The van der Waals surface area contributed by atoms with E-state index < -0.39 is 0 Å². The second-order valence-electron chi connectivity index (χ2n) is 7.92. The van der Waals surface area contributed by atoms with Gasteiger partial charge in [0, 0.05) is 25.5 Å². The number of hydrogen-bond donors (Lipinski definition) is 2. The van der Waals surface area contributed by atoms with Crippen molar-refractivity contribution in [3.8, 4) is 11.5 Å². The first-order chi connectivity index (χ1) is 15.4. The molecule has 33 heavy (non-hydrogen) atoms. The molecule has 0 atom stereocenters. The molecule has 0 saturated heterocycles. The zero-order valence-corrected chi connectivity index (χ0v) is 22.3. The molecule has 0 spiro atoms. The second kappa shape index (κ2) is 13.1. The third kappa shape index (κ3) is 8.27. The first-order valence-corrected chi connectivity index (χ1v) is 10.9. The lowest BCUT2D eigenvalue weighted by Crippen LogP contribution is -2.32. The molecular weight excluding hydrogens is 529 g/mol. The third-order valence-electron chi connectivity index (χ3n) is 4.93. The van der Waals surface area contributed by atoms with E-state index in [9.17, 15) is 0 Å². The number of aliphatic imine (C=N–C) groups is 1. The molecule has 2 aromatic carbocycles. The van der Waals surface area contributed by atoms with Crippen LogP contribution in [0.5, 0.6) is 11.5 Å². The highest BCUT2D eigenvalue weighted by molar-refractivity contribution is 14.0. The summed E-state index contributed by atoms with van der Waals surface area (Å²) in [5.74, 6) is 2.45. The van der Waals surface area contributed by atoms with Gasteiger partial charge in [-0.3, -0.25) is 4.68 Å². The van der Waals surface area contributed by atoms with Crippen LogP contribution in [0.4, 0.5) is 5.69 Å². The van der Waals surface area contributed by atoms with Crippen LogP contribution in [0.25, 0.3) is 0 Å². The van der Waals surface area contributed by atoms with E-state index in [-0.39, 0.29) is 30.1 Å². The molecule has 0 fully saturated rings. The minimum absolute atomic E-state index is 0. The molecule has 7 nitrogen and oxygen atoms in total. The van der Waals surface area contributed by atoms with E-state index in [4.69, 9.17) is 14.5 Å². The van der Waals surface area contributed by atoms with Gasteiger partial charge >= 0.3 is 0 Å². The van der Waals surface area contributed by atoms with Gasteiger partial charge in [0.1, 0.15) is 11.5 Å². The summed E-state index contributed by atoms with van der Waals surface area (Å²) in [6, 6.07) is 16.1. The average molecular weight is 563 g/mol. The van der Waals surface area contributed by atoms with Crippen molar-refractivity contribution in [1.29, 1.82) is 0 Å². The summed E-state index contributed by atoms with van der Waals surface area (Å²) < 4.78 is 13.1. The Morgan fingerprint density at radius 3 is 2.52 bits per heavy atom. The van der Waals surface area contributed by atoms with Crippen LogP contribution in [-0.4, -0.2) is 35.5 Å². The third-order valence-corrected chi connectivity index (χ3v) is 4.93. The summed E-state index contributed by atoms with van der Waals surface area (Å²) in [4.78, 5) is 4.76. The van der Waals surface area contributed by atoms with Crippen molar-refractivity contribution in [3.05, 3.63) is 71.5 Å². The van der Waals surface area contributed by atoms with Gasteiger partial charge < -0.3 is 20.1 Å². The van der Waals surface area contributed by atoms with E-state index in [0.29, 0.717) is 19.0 Å². The van der Waals surface area contributed by atoms with Crippen LogP contribution in [0, 0.1) is 6.92 Å². The zero-order valence-electron chi connectivity index (χ0n) is 20.0. The summed E-state index contributed by atoms with van der Waals surface area (Å²) in [6.45, 7) is 7.36. The molecule has 1 heterocycles. The van der Waals surface area contributed by atoms with Crippen LogP contribution in [0.3, 0.4) is 0 Å². The predicted octanol–water partition coefficient (Wildman–Crippen LogP) is 4.94. The van der Waals surface area contributed by atoms with Gasteiger partial charge in [0.25, 0.3) is 0 Å². The Balaban J connectivity index is 0.00000385. The highest BCUT2D eigenvalue weighted by atomic mass is 127. The molecule has 3 aromatic rings. The molecule has 0 radical (unpaired) electrons. The van der Waals surface area contributed by atoms with Gasteiger partial charge in [0.2, 0.25) is 0 Å². The highest BCUT2D eigenvalue weighted by Gasteiger charge is 2.06. The van der Waals surface area contributed by atoms with Gasteiger partial charge in [-0.1, -0.05) is 17.7 Å². The smallest absolute Gasteiger partial charge is 0.196 e. The molecule has 0 aliphatic carbocycles. The minimum atomic E-state index is 0. The van der Waals surface area contributed by atoms with Crippen LogP contribution in [-0.2, 0) is 20.0 Å². The molecule has 2 N–H and O–H groups in total. The van der Waals surface area contributed by atoms with Gasteiger partial charge in [-0.05, 0) is 69.2 Å². The maximum absolute atomic E-state index is 5.73. The summed E-state index contributed by atoms with van der Waals surface area (Å²) in [7, 11) is 3.62. The molecule has 0 saturated carbocycles. The fourth-order valence-electron chi connectivity index (χ4n) is 3.30. The van der Waals surface area contributed by atoms with Gasteiger partial charge in [0.15, 0.2) is 5.96 Å². The maximum atomic E-state index is 5.73. The first-order valence-electron chi connectivity index (χ1n) is 10.9. The molecule has 0 aliphatic heterocycles. The Kier molecular flexibility index (Phi) is 10.5. The van der Waals surface area contributed by atoms with Crippen LogP contribution in [0.1, 0.15) is 30.7 Å². The Morgan fingerprint density at radius 2 is 1.88 bits per heavy atom. The van der Waals surface area contributed by atoms with Crippen molar-refractivity contribution in [3.63, 3.8) is 0 Å². The molecule has 3 rings (SSSR count).